The summed E-state index contributed by atoms with van der Waals surface area (Å²) in [7, 11) is 0. The van der Waals surface area contributed by atoms with Crippen molar-refractivity contribution in [1.82, 2.24) is 14.5 Å². The van der Waals surface area contributed by atoms with Gasteiger partial charge in [0.2, 0.25) is 0 Å². The summed E-state index contributed by atoms with van der Waals surface area (Å²) in [6, 6.07) is 72.4. The first-order valence-corrected chi connectivity index (χ1v) is 20.9. The van der Waals surface area contributed by atoms with Crippen LogP contribution >= 0.6 is 0 Å². The molecule has 0 bridgehead atoms. The molecule has 4 nitrogen and oxygen atoms in total. The maximum atomic E-state index is 6.27. The molecule has 12 aromatic rings. The van der Waals surface area contributed by atoms with Crippen LogP contribution in [0.2, 0.25) is 0 Å². The minimum atomic E-state index is -0.584. The van der Waals surface area contributed by atoms with E-state index in [0.29, 0.717) is 5.82 Å². The maximum absolute atomic E-state index is 6.27. The van der Waals surface area contributed by atoms with Crippen LogP contribution in [0.4, 0.5) is 0 Å². The van der Waals surface area contributed by atoms with Gasteiger partial charge in [-0.15, -0.1) is 0 Å². The second kappa shape index (κ2) is 12.0. The van der Waals surface area contributed by atoms with E-state index in [4.69, 9.17) is 14.4 Å². The predicted molar refractivity (Wildman–Crippen MR) is 248 cm³/mol. The Morgan fingerprint density at radius 3 is 1.79 bits per heavy atom. The maximum Gasteiger partial charge on any atom is 0.162 e. The lowest BCUT2D eigenvalue weighted by Gasteiger charge is -2.31. The van der Waals surface area contributed by atoms with Crippen LogP contribution in [0.3, 0.4) is 0 Å². The highest BCUT2D eigenvalue weighted by molar-refractivity contribution is 6.27. The highest BCUT2D eigenvalue weighted by Gasteiger charge is 2.53. The molecule has 9 aromatic carbocycles. The van der Waals surface area contributed by atoms with Crippen molar-refractivity contribution in [2.75, 3.05) is 0 Å². The summed E-state index contributed by atoms with van der Waals surface area (Å²) in [6.45, 7) is 0. The van der Waals surface area contributed by atoms with Gasteiger partial charge in [-0.05, 0) is 80.0 Å². The van der Waals surface area contributed by atoms with E-state index in [1.165, 1.54) is 66.1 Å². The average Bonchev–Trinajstić information content (AvgIpc) is 4.05. The first-order valence-electron chi connectivity index (χ1n) is 20.9. The van der Waals surface area contributed by atoms with Crippen LogP contribution in [0.15, 0.2) is 205 Å². The molecule has 1 spiro atoms. The van der Waals surface area contributed by atoms with Gasteiger partial charge in [0.15, 0.2) is 5.82 Å². The van der Waals surface area contributed by atoms with Gasteiger partial charge in [0.25, 0.3) is 0 Å². The van der Waals surface area contributed by atoms with Gasteiger partial charge in [-0.2, -0.15) is 0 Å². The molecular formula is C57H33N3O. The molecule has 0 radical (unpaired) electrons. The van der Waals surface area contributed by atoms with Crippen molar-refractivity contribution in [3.63, 3.8) is 0 Å². The fraction of sp³-hybridized carbons (Fsp3) is 0.0175. The second-order valence-corrected chi connectivity index (χ2v) is 16.4. The number of rotatable bonds is 3. The van der Waals surface area contributed by atoms with Crippen LogP contribution in [-0.2, 0) is 5.41 Å². The molecule has 4 heteroatoms. The third kappa shape index (κ3) is 4.23. The topological polar surface area (TPSA) is 43.9 Å². The molecule has 0 fully saturated rings. The van der Waals surface area contributed by atoms with E-state index in [1.807, 2.05) is 12.1 Å². The molecule has 0 N–H and O–H groups in total. The minimum absolute atomic E-state index is 0.584. The SMILES string of the molecule is c1ccc(-c2cc(-n3c4ccccc4c4c5ccccc5c5c(c43)C3(c4ccccc4-c4ccccc43)c3ccccc3-5)nc(-c3ccc4oc5ccccc5c4c3)n2)cc1. The molecule has 14 rings (SSSR count). The number of aromatic nitrogens is 3. The van der Waals surface area contributed by atoms with Crippen molar-refractivity contribution in [2.45, 2.75) is 5.41 Å². The first-order chi connectivity index (χ1) is 30.3. The molecule has 3 aromatic heterocycles. The minimum Gasteiger partial charge on any atom is -0.456 e. The lowest BCUT2D eigenvalue weighted by Crippen LogP contribution is -2.26. The number of hydrogen-bond donors (Lipinski definition) is 0. The van der Waals surface area contributed by atoms with Crippen LogP contribution in [-0.4, -0.2) is 14.5 Å². The van der Waals surface area contributed by atoms with E-state index in [-0.39, 0.29) is 0 Å². The van der Waals surface area contributed by atoms with Crippen molar-refractivity contribution in [1.29, 1.82) is 0 Å². The van der Waals surface area contributed by atoms with Crippen LogP contribution in [0, 0.1) is 0 Å². The zero-order valence-corrected chi connectivity index (χ0v) is 32.8. The summed E-state index contributed by atoms with van der Waals surface area (Å²) < 4.78 is 8.73. The number of benzene rings is 9. The van der Waals surface area contributed by atoms with Gasteiger partial charge in [-0.1, -0.05) is 164 Å². The summed E-state index contributed by atoms with van der Waals surface area (Å²) in [5.74, 6) is 1.47. The van der Waals surface area contributed by atoms with Crippen molar-refractivity contribution < 1.29 is 4.42 Å². The van der Waals surface area contributed by atoms with Crippen molar-refractivity contribution in [3.8, 4) is 50.7 Å². The standard InChI is InChI=1S/C57H33N3O/c1-2-16-34(17-3-1)47-33-51(59-56(58-47)35-30-31-50-43(32-35)38-20-10-15-29-49(38)61-50)60-48-28-14-9-24-42(48)53-40-22-5-4-21-39(40)52-41-23-8-13-27-46(41)57(54(52)55(53)60)44-25-11-6-18-36(44)37-19-7-12-26-45(37)57/h1-33H. The van der Waals surface area contributed by atoms with E-state index in [9.17, 15) is 0 Å². The van der Waals surface area contributed by atoms with Crippen molar-refractivity contribution in [2.24, 2.45) is 0 Å². The summed E-state index contributed by atoms with van der Waals surface area (Å²) in [5, 5.41) is 7.02. The first kappa shape index (κ1) is 32.8. The molecule has 0 unspecified atom stereocenters. The Labute approximate surface area is 350 Å². The molecule has 0 atom stereocenters. The summed E-state index contributed by atoms with van der Waals surface area (Å²) >= 11 is 0. The monoisotopic (exact) mass is 775 g/mol. The lowest BCUT2D eigenvalue weighted by molar-refractivity contribution is 0.669. The Kier molecular flexibility index (Phi) is 6.46. The molecule has 3 heterocycles. The number of nitrogens with zero attached hydrogens (tertiary/aromatic N) is 3. The van der Waals surface area contributed by atoms with Crippen molar-refractivity contribution in [3.05, 3.63) is 222 Å². The van der Waals surface area contributed by atoms with Crippen LogP contribution in [0.25, 0.3) is 105 Å². The van der Waals surface area contributed by atoms with E-state index in [1.54, 1.807) is 0 Å². The molecule has 0 aliphatic heterocycles. The van der Waals surface area contributed by atoms with E-state index in [2.05, 4.69) is 193 Å². The fourth-order valence-electron chi connectivity index (χ4n) is 11.1. The zero-order valence-electron chi connectivity index (χ0n) is 32.8. The van der Waals surface area contributed by atoms with Gasteiger partial charge in [0.1, 0.15) is 17.0 Å². The molecule has 2 aliphatic rings. The van der Waals surface area contributed by atoms with Crippen LogP contribution < -0.4 is 0 Å². The van der Waals surface area contributed by atoms with E-state index in [0.717, 1.165) is 55.6 Å². The summed E-state index contributed by atoms with van der Waals surface area (Å²) in [4.78, 5) is 11.0. The third-order valence-corrected chi connectivity index (χ3v) is 13.4. The van der Waals surface area contributed by atoms with Gasteiger partial charge >= 0.3 is 0 Å². The zero-order chi connectivity index (χ0) is 39.8. The highest BCUT2D eigenvalue weighted by Crippen LogP contribution is 2.66. The predicted octanol–water partition coefficient (Wildman–Crippen LogP) is 14.3. The Morgan fingerprint density at radius 1 is 0.426 bits per heavy atom. The second-order valence-electron chi connectivity index (χ2n) is 16.4. The smallest absolute Gasteiger partial charge is 0.162 e. The van der Waals surface area contributed by atoms with Gasteiger partial charge in [0.05, 0.1) is 22.1 Å². The third-order valence-electron chi connectivity index (χ3n) is 13.4. The molecule has 0 amide bonds. The van der Waals surface area contributed by atoms with E-state index >= 15 is 0 Å². The molecule has 61 heavy (non-hydrogen) atoms. The quantitative estimate of drug-likeness (QED) is 0.180. The lowest BCUT2D eigenvalue weighted by atomic mass is 9.70. The Bertz CT molecular complexity index is 3790. The van der Waals surface area contributed by atoms with E-state index < -0.39 is 5.41 Å². The van der Waals surface area contributed by atoms with Crippen LogP contribution in [0.5, 0.6) is 0 Å². The Hall–Kier alpha value is -8.08. The molecule has 0 saturated heterocycles. The van der Waals surface area contributed by atoms with Crippen molar-refractivity contribution >= 4 is 54.5 Å². The highest BCUT2D eigenvalue weighted by atomic mass is 16.3. The molecule has 282 valence electrons. The van der Waals surface area contributed by atoms with Gasteiger partial charge in [-0.25, -0.2) is 9.97 Å². The molecule has 0 saturated carbocycles. The normalized spacial score (nSPS) is 13.4. The van der Waals surface area contributed by atoms with Crippen LogP contribution in [0.1, 0.15) is 22.3 Å². The Morgan fingerprint density at radius 2 is 1.02 bits per heavy atom. The largest absolute Gasteiger partial charge is 0.456 e. The number of fused-ring (bicyclic) bond motifs is 20. The number of hydrogen-bond acceptors (Lipinski definition) is 3. The fourth-order valence-corrected chi connectivity index (χ4v) is 11.1. The summed E-state index contributed by atoms with van der Waals surface area (Å²) in [6.07, 6.45) is 0. The number of para-hydroxylation sites is 2. The average molecular weight is 776 g/mol. The van der Waals surface area contributed by atoms with Gasteiger partial charge < -0.3 is 4.42 Å². The number of furan rings is 1. The van der Waals surface area contributed by atoms with Gasteiger partial charge in [-0.3, -0.25) is 4.57 Å². The molecule has 2 aliphatic carbocycles. The van der Waals surface area contributed by atoms with Gasteiger partial charge in [0, 0.05) is 44.3 Å². The Balaban J connectivity index is 1.18. The molecular weight excluding hydrogens is 743 g/mol. The summed E-state index contributed by atoms with van der Waals surface area (Å²) in [5.41, 5.74) is 16.5.